The number of aldehydes is 1. The minimum absolute atomic E-state index is 0.0285. The van der Waals surface area contributed by atoms with Crippen molar-refractivity contribution in [2.75, 3.05) is 53.3 Å². The van der Waals surface area contributed by atoms with Gasteiger partial charge in [0.25, 0.3) is 5.91 Å². The van der Waals surface area contributed by atoms with Crippen LogP contribution in [0, 0.1) is 0 Å². The second-order valence-electron chi connectivity index (χ2n) is 7.47. The van der Waals surface area contributed by atoms with Crippen molar-refractivity contribution in [1.29, 1.82) is 0 Å². The van der Waals surface area contributed by atoms with Crippen molar-refractivity contribution < 1.29 is 60.9 Å². The molecule has 202 valence electrons. The van der Waals surface area contributed by atoms with Gasteiger partial charge in [-0.3, -0.25) is 4.79 Å². The van der Waals surface area contributed by atoms with Crippen LogP contribution in [0.5, 0.6) is 0 Å². The summed E-state index contributed by atoms with van der Waals surface area (Å²) in [5.74, 6) is -2.25. The quantitative estimate of drug-likeness (QED) is 0.0953. The molecular formula is C22H28F3NO10. The van der Waals surface area contributed by atoms with Crippen LogP contribution in [0.25, 0.3) is 0 Å². The number of carbonyl (C=O) groups excluding carboxylic acids is 4. The number of alkyl halides is 3. The van der Waals surface area contributed by atoms with Crippen molar-refractivity contribution >= 4 is 24.1 Å². The SMILES string of the molecule is CN(OC(=O)CCOCCOCCOCCOC(=O)C1=C(C(F)(F)F)C2C=CC1O2)C(=O)CCC=O. The first kappa shape index (κ1) is 29.4. The maximum absolute atomic E-state index is 13.2. The van der Waals surface area contributed by atoms with Crippen LogP contribution in [0.2, 0.25) is 0 Å². The minimum atomic E-state index is -4.69. The number of ether oxygens (including phenoxy) is 5. The lowest BCUT2D eigenvalue weighted by Gasteiger charge is -2.15. The molecule has 0 aromatic carbocycles. The van der Waals surface area contributed by atoms with Gasteiger partial charge in [-0.05, 0) is 0 Å². The normalized spacial score (nSPS) is 18.4. The summed E-state index contributed by atoms with van der Waals surface area (Å²) >= 11 is 0. The van der Waals surface area contributed by atoms with Crippen molar-refractivity contribution in [3.63, 3.8) is 0 Å². The second-order valence-corrected chi connectivity index (χ2v) is 7.47. The molecular weight excluding hydrogens is 495 g/mol. The first-order chi connectivity index (χ1) is 17.1. The molecule has 14 heteroatoms. The van der Waals surface area contributed by atoms with E-state index in [0.717, 1.165) is 5.06 Å². The summed E-state index contributed by atoms with van der Waals surface area (Å²) in [5.41, 5.74) is -1.55. The van der Waals surface area contributed by atoms with Crippen LogP contribution in [0.4, 0.5) is 13.2 Å². The van der Waals surface area contributed by atoms with Crippen LogP contribution in [-0.4, -0.2) is 101 Å². The molecule has 0 saturated carbocycles. The molecule has 0 radical (unpaired) electrons. The van der Waals surface area contributed by atoms with E-state index < -0.39 is 47.4 Å². The molecule has 0 saturated heterocycles. The molecule has 2 rings (SSSR count). The Morgan fingerprint density at radius 3 is 2.14 bits per heavy atom. The predicted octanol–water partition coefficient (Wildman–Crippen LogP) is 1.06. The highest BCUT2D eigenvalue weighted by molar-refractivity contribution is 5.93. The first-order valence-corrected chi connectivity index (χ1v) is 11.1. The van der Waals surface area contributed by atoms with E-state index in [1.807, 2.05) is 0 Å². The topological polar surface area (TPSA) is 127 Å². The van der Waals surface area contributed by atoms with Gasteiger partial charge >= 0.3 is 18.1 Å². The maximum Gasteiger partial charge on any atom is 0.416 e. The number of carbonyl (C=O) groups is 4. The molecule has 0 aromatic heterocycles. The zero-order valence-corrected chi connectivity index (χ0v) is 19.6. The Bertz CT molecular complexity index is 842. The van der Waals surface area contributed by atoms with E-state index in [4.69, 9.17) is 28.5 Å². The van der Waals surface area contributed by atoms with Crippen LogP contribution in [0.1, 0.15) is 19.3 Å². The van der Waals surface area contributed by atoms with Crippen molar-refractivity contribution in [3.8, 4) is 0 Å². The number of halogens is 3. The summed E-state index contributed by atoms with van der Waals surface area (Å²) in [6.45, 7) is 0.538. The molecule has 2 aliphatic rings. The molecule has 0 spiro atoms. The molecule has 0 aromatic rings. The summed E-state index contributed by atoms with van der Waals surface area (Å²) in [6, 6.07) is 0. The van der Waals surface area contributed by atoms with Crippen molar-refractivity contribution in [2.45, 2.75) is 37.6 Å². The van der Waals surface area contributed by atoms with Gasteiger partial charge in [-0.1, -0.05) is 12.2 Å². The molecule has 2 aliphatic heterocycles. The van der Waals surface area contributed by atoms with Gasteiger partial charge in [0.1, 0.15) is 25.1 Å². The number of esters is 1. The third-order valence-corrected chi connectivity index (χ3v) is 4.86. The van der Waals surface area contributed by atoms with E-state index in [2.05, 4.69) is 0 Å². The lowest BCUT2D eigenvalue weighted by Crippen LogP contribution is -2.30. The van der Waals surface area contributed by atoms with Crippen molar-refractivity contribution in [3.05, 3.63) is 23.3 Å². The first-order valence-electron chi connectivity index (χ1n) is 11.1. The van der Waals surface area contributed by atoms with E-state index in [-0.39, 0.29) is 65.5 Å². The smallest absolute Gasteiger partial charge is 0.416 e. The predicted molar refractivity (Wildman–Crippen MR) is 113 cm³/mol. The maximum atomic E-state index is 13.2. The summed E-state index contributed by atoms with van der Waals surface area (Å²) in [6.07, 6.45) is -3.86. The van der Waals surface area contributed by atoms with Gasteiger partial charge in [-0.2, -0.15) is 18.2 Å². The molecule has 2 bridgehead atoms. The van der Waals surface area contributed by atoms with Crippen LogP contribution < -0.4 is 0 Å². The third kappa shape index (κ3) is 9.33. The van der Waals surface area contributed by atoms with E-state index >= 15 is 0 Å². The standard InChI is InChI=1S/C22H28F3NO10/c1-26(17(28)3-2-7-27)36-18(29)6-8-31-9-10-32-11-12-33-13-14-34-21(30)19-15-4-5-16(35-15)20(19)22(23,24)25/h4-5,7,15-16H,2-3,6,8-14H2,1H3. The second kappa shape index (κ2) is 14.7. The fourth-order valence-electron chi connectivity index (χ4n) is 3.18. The van der Waals surface area contributed by atoms with E-state index in [1.54, 1.807) is 0 Å². The van der Waals surface area contributed by atoms with Gasteiger partial charge in [0.05, 0.1) is 57.2 Å². The molecule has 2 unspecified atom stereocenters. The van der Waals surface area contributed by atoms with Crippen molar-refractivity contribution in [2.24, 2.45) is 0 Å². The molecule has 36 heavy (non-hydrogen) atoms. The van der Waals surface area contributed by atoms with E-state index in [1.165, 1.54) is 19.2 Å². The Hall–Kier alpha value is -2.81. The zero-order valence-electron chi connectivity index (χ0n) is 19.6. The van der Waals surface area contributed by atoms with Crippen LogP contribution >= 0.6 is 0 Å². The van der Waals surface area contributed by atoms with E-state index in [0.29, 0.717) is 6.29 Å². The Kier molecular flexibility index (Phi) is 12.0. The number of amides is 1. The fourth-order valence-corrected chi connectivity index (χ4v) is 3.18. The van der Waals surface area contributed by atoms with Crippen LogP contribution in [0.15, 0.2) is 23.3 Å². The van der Waals surface area contributed by atoms with Gasteiger partial charge < -0.3 is 33.3 Å². The number of hydroxylamine groups is 2. The number of hydrogen-bond donors (Lipinski definition) is 0. The third-order valence-electron chi connectivity index (χ3n) is 4.86. The van der Waals surface area contributed by atoms with Gasteiger partial charge in [0.15, 0.2) is 0 Å². The Morgan fingerprint density at radius 1 is 0.944 bits per heavy atom. The van der Waals surface area contributed by atoms with Gasteiger partial charge in [0.2, 0.25) is 0 Å². The number of rotatable bonds is 16. The highest BCUT2D eigenvalue weighted by Crippen LogP contribution is 2.43. The summed E-state index contributed by atoms with van der Waals surface area (Å²) in [4.78, 5) is 50.2. The molecule has 2 atom stereocenters. The zero-order chi connectivity index (χ0) is 26.6. The monoisotopic (exact) mass is 523 g/mol. The fraction of sp³-hybridized carbons (Fsp3) is 0.636. The average molecular weight is 523 g/mol. The molecule has 11 nitrogen and oxygen atoms in total. The van der Waals surface area contributed by atoms with Gasteiger partial charge in [-0.25, -0.2) is 9.59 Å². The Labute approximate surface area is 205 Å². The highest BCUT2D eigenvalue weighted by atomic mass is 19.4. The molecule has 0 N–H and O–H groups in total. The van der Waals surface area contributed by atoms with Crippen molar-refractivity contribution in [1.82, 2.24) is 5.06 Å². The van der Waals surface area contributed by atoms with Gasteiger partial charge in [-0.15, -0.1) is 0 Å². The number of fused-ring (bicyclic) bond motifs is 2. The lowest BCUT2D eigenvalue weighted by atomic mass is 9.96. The molecule has 0 fully saturated rings. The number of hydrogen-bond acceptors (Lipinski definition) is 10. The van der Waals surface area contributed by atoms with Gasteiger partial charge in [0, 0.05) is 19.9 Å². The van der Waals surface area contributed by atoms with E-state index in [9.17, 15) is 32.3 Å². The number of nitrogens with zero attached hydrogens (tertiary/aromatic N) is 1. The van der Waals surface area contributed by atoms with Crippen LogP contribution in [-0.2, 0) is 47.7 Å². The summed E-state index contributed by atoms with van der Waals surface area (Å²) in [5, 5.41) is 0.775. The minimum Gasteiger partial charge on any atom is -0.460 e. The molecule has 1 amide bonds. The highest BCUT2D eigenvalue weighted by Gasteiger charge is 2.51. The molecule has 2 heterocycles. The van der Waals surface area contributed by atoms with Crippen LogP contribution in [0.3, 0.4) is 0 Å². The molecule has 0 aliphatic carbocycles. The Morgan fingerprint density at radius 2 is 1.53 bits per heavy atom. The summed E-state index contributed by atoms with van der Waals surface area (Å²) in [7, 11) is 1.28. The average Bonchev–Trinajstić information content (AvgIpc) is 3.44. The summed E-state index contributed by atoms with van der Waals surface area (Å²) < 4.78 is 65.1. The largest absolute Gasteiger partial charge is 0.460 e. The lowest BCUT2D eigenvalue weighted by molar-refractivity contribution is -0.193. The Balaban J connectivity index is 1.44.